The number of nitrogens with one attached hydrogen (secondary N) is 1. The molecule has 3 rings (SSSR count). The van der Waals surface area contributed by atoms with Gasteiger partial charge in [-0.3, -0.25) is 4.79 Å². The summed E-state index contributed by atoms with van der Waals surface area (Å²) < 4.78 is 17.4. The summed E-state index contributed by atoms with van der Waals surface area (Å²) in [4.78, 5) is 12.7. The number of carbonyl (C=O) groups is 1. The monoisotopic (exact) mass is 417 g/mol. The van der Waals surface area contributed by atoms with Crippen LogP contribution in [0.15, 0.2) is 51.4 Å². The molecule has 1 heterocycles. The average Bonchev–Trinajstić information content (AvgIpc) is 3.07. The largest absolute Gasteiger partial charge is 0.493 e. The lowest BCUT2D eigenvalue weighted by Gasteiger charge is -2.15. The molecule has 0 radical (unpaired) electrons. The normalized spacial score (nSPS) is 12.0. The molecule has 0 aliphatic rings. The molecular weight excluding hydrogens is 398 g/mol. The summed E-state index contributed by atoms with van der Waals surface area (Å²) in [5.74, 6) is 1.57. The molecule has 26 heavy (non-hydrogen) atoms. The van der Waals surface area contributed by atoms with Crippen molar-refractivity contribution in [3.8, 4) is 11.5 Å². The van der Waals surface area contributed by atoms with Gasteiger partial charge in [-0.05, 0) is 54.0 Å². The lowest BCUT2D eigenvalue weighted by Crippen LogP contribution is -2.26. The summed E-state index contributed by atoms with van der Waals surface area (Å²) in [6.07, 6.45) is 0. The molecule has 1 atom stereocenters. The molecule has 6 heteroatoms. The average molecular weight is 418 g/mol. The Bertz CT molecular complexity index is 902. The van der Waals surface area contributed by atoms with E-state index < -0.39 is 0 Å². The highest BCUT2D eigenvalue weighted by Gasteiger charge is 2.19. The molecule has 1 aromatic heterocycles. The molecule has 0 aliphatic heterocycles. The first-order chi connectivity index (χ1) is 12.5. The summed E-state index contributed by atoms with van der Waals surface area (Å²) in [7, 11) is 1.54. The second kappa shape index (κ2) is 7.83. The van der Waals surface area contributed by atoms with Crippen molar-refractivity contribution in [1.29, 1.82) is 0 Å². The van der Waals surface area contributed by atoms with Crippen molar-refractivity contribution in [1.82, 2.24) is 5.32 Å². The van der Waals surface area contributed by atoms with E-state index in [1.54, 1.807) is 19.2 Å². The van der Waals surface area contributed by atoms with Crippen LogP contribution in [0.3, 0.4) is 0 Å². The number of hydrogen-bond acceptors (Lipinski definition) is 4. The Labute approximate surface area is 160 Å². The van der Waals surface area contributed by atoms with Crippen LogP contribution >= 0.6 is 15.9 Å². The predicted molar refractivity (Wildman–Crippen MR) is 104 cm³/mol. The van der Waals surface area contributed by atoms with Crippen molar-refractivity contribution in [3.63, 3.8) is 0 Å². The molecule has 3 aromatic rings. The maximum absolute atomic E-state index is 12.7. The van der Waals surface area contributed by atoms with Gasteiger partial charge in [-0.2, -0.15) is 0 Å². The van der Waals surface area contributed by atoms with Crippen LogP contribution < -0.4 is 14.8 Å². The zero-order valence-corrected chi connectivity index (χ0v) is 16.4. The Hall–Kier alpha value is -2.47. The molecule has 136 valence electrons. The van der Waals surface area contributed by atoms with Gasteiger partial charge in [0.1, 0.15) is 11.3 Å². The second-order valence-electron chi connectivity index (χ2n) is 5.80. The number of para-hydroxylation sites is 1. The minimum absolute atomic E-state index is 0.222. The number of furan rings is 1. The van der Waals surface area contributed by atoms with Crippen molar-refractivity contribution >= 4 is 32.8 Å². The minimum atomic E-state index is -0.272. The van der Waals surface area contributed by atoms with Crippen LogP contribution in [0, 0.1) is 0 Å². The molecule has 0 saturated carbocycles. The number of methoxy groups -OCH3 is 1. The molecule has 0 aliphatic carbocycles. The van der Waals surface area contributed by atoms with Crippen LogP contribution in [-0.4, -0.2) is 19.6 Å². The quantitative estimate of drug-likeness (QED) is 0.606. The summed E-state index contributed by atoms with van der Waals surface area (Å²) in [6, 6.07) is 12.8. The van der Waals surface area contributed by atoms with E-state index in [0.717, 1.165) is 11.0 Å². The lowest BCUT2D eigenvalue weighted by molar-refractivity contribution is 0.0935. The van der Waals surface area contributed by atoms with Crippen molar-refractivity contribution in [2.45, 2.75) is 19.9 Å². The van der Waals surface area contributed by atoms with E-state index in [4.69, 9.17) is 13.9 Å². The number of hydrogen-bond donors (Lipinski definition) is 1. The number of fused-ring (bicyclic) bond motifs is 1. The van der Waals surface area contributed by atoms with E-state index in [9.17, 15) is 4.79 Å². The number of rotatable bonds is 6. The molecule has 0 bridgehead atoms. The fraction of sp³-hybridized carbons (Fsp3) is 0.250. The molecule has 1 amide bonds. The number of amides is 1. The number of halogens is 1. The van der Waals surface area contributed by atoms with E-state index in [0.29, 0.717) is 33.9 Å². The molecule has 0 saturated heterocycles. The Morgan fingerprint density at radius 3 is 2.73 bits per heavy atom. The highest BCUT2D eigenvalue weighted by Crippen LogP contribution is 2.36. The van der Waals surface area contributed by atoms with E-state index in [1.165, 1.54) is 0 Å². The smallest absolute Gasteiger partial charge is 0.252 e. The van der Waals surface area contributed by atoms with Crippen LogP contribution in [0.25, 0.3) is 11.0 Å². The molecule has 0 spiro atoms. The fourth-order valence-electron chi connectivity index (χ4n) is 2.70. The van der Waals surface area contributed by atoms with Gasteiger partial charge in [-0.1, -0.05) is 18.2 Å². The third-order valence-corrected chi connectivity index (χ3v) is 4.59. The summed E-state index contributed by atoms with van der Waals surface area (Å²) in [6.45, 7) is 4.28. The zero-order chi connectivity index (χ0) is 18.7. The molecule has 5 nitrogen and oxygen atoms in total. The van der Waals surface area contributed by atoms with Crippen molar-refractivity contribution in [3.05, 3.63) is 58.3 Å². The van der Waals surface area contributed by atoms with Gasteiger partial charge in [0.15, 0.2) is 11.5 Å². The highest BCUT2D eigenvalue weighted by molar-refractivity contribution is 9.10. The van der Waals surface area contributed by atoms with Gasteiger partial charge in [-0.25, -0.2) is 0 Å². The predicted octanol–water partition coefficient (Wildman–Crippen LogP) is 5.09. The van der Waals surface area contributed by atoms with Crippen LogP contribution in [0.4, 0.5) is 0 Å². The van der Waals surface area contributed by atoms with Gasteiger partial charge >= 0.3 is 0 Å². The van der Waals surface area contributed by atoms with Crippen LogP contribution in [0.5, 0.6) is 11.5 Å². The van der Waals surface area contributed by atoms with Gasteiger partial charge in [0.05, 0.1) is 24.2 Å². The Balaban J connectivity index is 1.81. The summed E-state index contributed by atoms with van der Waals surface area (Å²) in [5, 5.41) is 3.96. The zero-order valence-electron chi connectivity index (χ0n) is 14.8. The molecule has 0 unspecified atom stereocenters. The SMILES string of the molecule is CCOc1c(Br)cc(C(=O)N[C@H](C)c2cc3ccccc3o2)cc1OC. The van der Waals surface area contributed by atoms with Crippen LogP contribution in [-0.2, 0) is 0 Å². The van der Waals surface area contributed by atoms with Crippen molar-refractivity contribution in [2.24, 2.45) is 0 Å². The van der Waals surface area contributed by atoms with Gasteiger partial charge in [0, 0.05) is 10.9 Å². The van der Waals surface area contributed by atoms with E-state index >= 15 is 0 Å². The lowest BCUT2D eigenvalue weighted by atomic mass is 10.1. The molecule has 0 fully saturated rings. The standard InChI is InChI=1S/C20H20BrNO4/c1-4-25-19-15(21)9-14(11-18(19)24-3)20(23)22-12(2)17-10-13-7-5-6-8-16(13)26-17/h5-12H,4H2,1-3H3,(H,22,23)/t12-/m1/s1. The topological polar surface area (TPSA) is 60.7 Å². The third-order valence-electron chi connectivity index (χ3n) is 4.00. The van der Waals surface area contributed by atoms with Crippen molar-refractivity contribution in [2.75, 3.05) is 13.7 Å². The van der Waals surface area contributed by atoms with E-state index in [-0.39, 0.29) is 11.9 Å². The molecule has 2 aromatic carbocycles. The van der Waals surface area contributed by atoms with Crippen LogP contribution in [0.1, 0.15) is 36.0 Å². The molecule has 1 N–H and O–H groups in total. The van der Waals surface area contributed by atoms with Crippen molar-refractivity contribution < 1.29 is 18.7 Å². The first-order valence-corrected chi connectivity index (χ1v) is 9.12. The fourth-order valence-corrected chi connectivity index (χ4v) is 3.26. The Morgan fingerprint density at radius 2 is 2.04 bits per heavy atom. The van der Waals surface area contributed by atoms with Gasteiger partial charge < -0.3 is 19.2 Å². The molecular formula is C20H20BrNO4. The van der Waals surface area contributed by atoms with E-state index in [2.05, 4.69) is 21.2 Å². The van der Waals surface area contributed by atoms with Gasteiger partial charge in [-0.15, -0.1) is 0 Å². The first-order valence-electron chi connectivity index (χ1n) is 8.33. The third kappa shape index (κ3) is 3.70. The van der Waals surface area contributed by atoms with E-state index in [1.807, 2.05) is 44.2 Å². The Morgan fingerprint density at radius 1 is 1.27 bits per heavy atom. The summed E-state index contributed by atoms with van der Waals surface area (Å²) in [5.41, 5.74) is 1.27. The maximum Gasteiger partial charge on any atom is 0.252 e. The number of benzene rings is 2. The summed E-state index contributed by atoms with van der Waals surface area (Å²) >= 11 is 3.44. The second-order valence-corrected chi connectivity index (χ2v) is 6.66. The number of ether oxygens (including phenoxy) is 2. The number of carbonyl (C=O) groups excluding carboxylic acids is 1. The van der Waals surface area contributed by atoms with Crippen LogP contribution in [0.2, 0.25) is 0 Å². The van der Waals surface area contributed by atoms with Gasteiger partial charge in [0.25, 0.3) is 5.91 Å². The maximum atomic E-state index is 12.7. The van der Waals surface area contributed by atoms with Gasteiger partial charge in [0.2, 0.25) is 0 Å². The minimum Gasteiger partial charge on any atom is -0.493 e. The highest BCUT2D eigenvalue weighted by atomic mass is 79.9. The Kier molecular flexibility index (Phi) is 5.52. The first kappa shape index (κ1) is 18.3.